The minimum Gasteiger partial charge on any atom is -0.352 e. The van der Waals surface area contributed by atoms with Crippen LogP contribution in [-0.2, 0) is 4.79 Å². The number of benzene rings is 2. The second-order valence-electron chi connectivity index (χ2n) is 4.83. The highest BCUT2D eigenvalue weighted by Gasteiger charge is 1.94. The van der Waals surface area contributed by atoms with Gasteiger partial charge in [0.1, 0.15) is 0 Å². The molecule has 0 bridgehead atoms. The van der Waals surface area contributed by atoms with Crippen molar-refractivity contribution in [3.63, 3.8) is 0 Å². The van der Waals surface area contributed by atoms with Gasteiger partial charge in [0.05, 0.1) is 0 Å². The van der Waals surface area contributed by atoms with Gasteiger partial charge in [0.25, 0.3) is 0 Å². The summed E-state index contributed by atoms with van der Waals surface area (Å²) in [7, 11) is 0. The molecule has 0 unspecified atom stereocenters. The fourth-order valence-corrected chi connectivity index (χ4v) is 1.89. The highest BCUT2D eigenvalue weighted by Crippen LogP contribution is 2.00. The highest BCUT2D eigenvalue weighted by molar-refractivity contribution is 5.91. The summed E-state index contributed by atoms with van der Waals surface area (Å²) in [4.78, 5) is 16.0. The van der Waals surface area contributed by atoms with Gasteiger partial charge in [-0.05, 0) is 23.6 Å². The van der Waals surface area contributed by atoms with Gasteiger partial charge in [-0.25, -0.2) is 0 Å². The lowest BCUT2D eigenvalue weighted by Crippen LogP contribution is -2.22. The summed E-state index contributed by atoms with van der Waals surface area (Å²) in [6, 6.07) is 19.7. The maximum atomic E-state index is 11.6. The molecule has 0 aliphatic rings. The summed E-state index contributed by atoms with van der Waals surface area (Å²) in [5, 5.41) is 2.85. The number of carbonyl (C=O) groups excluding carboxylic acids is 1. The normalized spacial score (nSPS) is 11.1. The van der Waals surface area contributed by atoms with Gasteiger partial charge in [-0.3, -0.25) is 9.79 Å². The Labute approximate surface area is 131 Å². The summed E-state index contributed by atoms with van der Waals surface area (Å²) >= 11 is 0. The van der Waals surface area contributed by atoms with E-state index in [4.69, 9.17) is 0 Å². The molecule has 2 rings (SSSR count). The van der Waals surface area contributed by atoms with Gasteiger partial charge in [0.15, 0.2) is 0 Å². The number of rotatable bonds is 7. The van der Waals surface area contributed by atoms with Crippen LogP contribution in [0.25, 0.3) is 6.08 Å². The van der Waals surface area contributed by atoms with Crippen molar-refractivity contribution in [1.82, 2.24) is 5.32 Å². The van der Waals surface area contributed by atoms with Crippen LogP contribution < -0.4 is 5.32 Å². The van der Waals surface area contributed by atoms with Crippen LogP contribution in [0.1, 0.15) is 17.5 Å². The van der Waals surface area contributed by atoms with Crippen molar-refractivity contribution >= 4 is 18.2 Å². The zero-order valence-corrected chi connectivity index (χ0v) is 12.5. The van der Waals surface area contributed by atoms with Crippen LogP contribution in [0.3, 0.4) is 0 Å². The predicted molar refractivity (Wildman–Crippen MR) is 92.0 cm³/mol. The number of nitrogens with zero attached hydrogens (tertiary/aromatic N) is 1. The van der Waals surface area contributed by atoms with Gasteiger partial charge in [-0.15, -0.1) is 0 Å². The van der Waals surface area contributed by atoms with Gasteiger partial charge in [-0.1, -0.05) is 60.7 Å². The first kappa shape index (κ1) is 15.7. The topological polar surface area (TPSA) is 41.5 Å². The molecule has 3 nitrogen and oxygen atoms in total. The van der Waals surface area contributed by atoms with Crippen molar-refractivity contribution in [2.45, 2.75) is 6.42 Å². The van der Waals surface area contributed by atoms with Crippen LogP contribution in [0.5, 0.6) is 0 Å². The van der Waals surface area contributed by atoms with Crippen molar-refractivity contribution in [2.75, 3.05) is 13.1 Å². The summed E-state index contributed by atoms with van der Waals surface area (Å²) in [6.45, 7) is 1.33. The van der Waals surface area contributed by atoms with Gasteiger partial charge < -0.3 is 5.32 Å². The monoisotopic (exact) mass is 292 g/mol. The molecule has 0 saturated heterocycles. The van der Waals surface area contributed by atoms with Gasteiger partial charge in [0, 0.05) is 25.4 Å². The Hall–Kier alpha value is -2.68. The molecular weight excluding hydrogens is 272 g/mol. The third kappa shape index (κ3) is 6.18. The molecule has 0 aromatic heterocycles. The molecule has 0 spiro atoms. The van der Waals surface area contributed by atoms with E-state index >= 15 is 0 Å². The van der Waals surface area contributed by atoms with E-state index in [2.05, 4.69) is 10.3 Å². The second-order valence-corrected chi connectivity index (χ2v) is 4.83. The van der Waals surface area contributed by atoms with E-state index in [-0.39, 0.29) is 5.91 Å². The molecular formula is C19H20N2O. The first-order valence-electron chi connectivity index (χ1n) is 7.40. The minimum absolute atomic E-state index is 0.0732. The lowest BCUT2D eigenvalue weighted by atomic mass is 10.2. The summed E-state index contributed by atoms with van der Waals surface area (Å²) < 4.78 is 0. The maximum Gasteiger partial charge on any atom is 0.244 e. The van der Waals surface area contributed by atoms with E-state index in [0.717, 1.165) is 17.5 Å². The van der Waals surface area contributed by atoms with E-state index in [1.165, 1.54) is 0 Å². The van der Waals surface area contributed by atoms with E-state index in [0.29, 0.717) is 13.1 Å². The molecule has 1 N–H and O–H groups in total. The lowest BCUT2D eigenvalue weighted by molar-refractivity contribution is -0.116. The number of nitrogens with one attached hydrogen (secondary N) is 1. The van der Waals surface area contributed by atoms with Crippen molar-refractivity contribution < 1.29 is 4.79 Å². The number of amides is 1. The molecule has 0 aliphatic heterocycles. The number of hydrogen-bond acceptors (Lipinski definition) is 2. The van der Waals surface area contributed by atoms with Crippen LogP contribution >= 0.6 is 0 Å². The lowest BCUT2D eigenvalue weighted by Gasteiger charge is -2.00. The summed E-state index contributed by atoms with van der Waals surface area (Å²) in [5.41, 5.74) is 2.11. The van der Waals surface area contributed by atoms with Crippen LogP contribution in [0, 0.1) is 0 Å². The first-order valence-corrected chi connectivity index (χ1v) is 7.40. The average Bonchev–Trinajstić information content (AvgIpc) is 2.58. The summed E-state index contributed by atoms with van der Waals surface area (Å²) in [6.07, 6.45) is 6.05. The van der Waals surface area contributed by atoms with Crippen LogP contribution in [0.2, 0.25) is 0 Å². The quantitative estimate of drug-likeness (QED) is 0.475. The molecule has 0 saturated carbocycles. The fraction of sp³-hybridized carbons (Fsp3) is 0.158. The molecule has 112 valence electrons. The highest BCUT2D eigenvalue weighted by atomic mass is 16.1. The predicted octanol–water partition coefficient (Wildman–Crippen LogP) is 3.33. The average molecular weight is 292 g/mol. The standard InChI is InChI=1S/C19H20N2O/c22-19(13-12-17-8-3-1-4-9-17)21-15-7-14-20-16-18-10-5-2-6-11-18/h1-6,8-13,16H,7,14-15H2,(H,21,22)/b13-12+,20-16?. The minimum atomic E-state index is -0.0732. The van der Waals surface area contributed by atoms with Crippen molar-refractivity contribution in [3.8, 4) is 0 Å². The Balaban J connectivity index is 1.61. The third-order valence-electron chi connectivity index (χ3n) is 3.03. The Kier molecular flexibility index (Phi) is 6.63. The molecule has 3 heteroatoms. The first-order chi connectivity index (χ1) is 10.8. The third-order valence-corrected chi connectivity index (χ3v) is 3.03. The molecule has 2 aromatic rings. The molecule has 0 aliphatic carbocycles. The summed E-state index contributed by atoms with van der Waals surface area (Å²) in [5.74, 6) is -0.0732. The Morgan fingerprint density at radius 3 is 2.27 bits per heavy atom. The maximum absolute atomic E-state index is 11.6. The Bertz CT molecular complexity index is 618. The molecule has 2 aromatic carbocycles. The van der Waals surface area contributed by atoms with Gasteiger partial charge in [-0.2, -0.15) is 0 Å². The number of carbonyl (C=O) groups is 1. The Morgan fingerprint density at radius 2 is 1.59 bits per heavy atom. The molecule has 0 radical (unpaired) electrons. The zero-order valence-electron chi connectivity index (χ0n) is 12.5. The molecule has 1 amide bonds. The Morgan fingerprint density at radius 1 is 0.955 bits per heavy atom. The van der Waals surface area contributed by atoms with Crippen LogP contribution in [-0.4, -0.2) is 25.2 Å². The second kappa shape index (κ2) is 9.29. The molecule has 0 fully saturated rings. The van der Waals surface area contributed by atoms with Crippen molar-refractivity contribution in [1.29, 1.82) is 0 Å². The van der Waals surface area contributed by atoms with E-state index < -0.39 is 0 Å². The zero-order chi connectivity index (χ0) is 15.5. The van der Waals surface area contributed by atoms with E-state index in [1.54, 1.807) is 6.08 Å². The van der Waals surface area contributed by atoms with Crippen molar-refractivity contribution in [2.24, 2.45) is 4.99 Å². The largest absolute Gasteiger partial charge is 0.352 e. The van der Waals surface area contributed by atoms with Crippen LogP contribution in [0.4, 0.5) is 0 Å². The molecule has 22 heavy (non-hydrogen) atoms. The SMILES string of the molecule is O=C(/C=C/c1ccccc1)NCCCN=Cc1ccccc1. The van der Waals surface area contributed by atoms with Gasteiger partial charge >= 0.3 is 0 Å². The van der Waals surface area contributed by atoms with Crippen molar-refractivity contribution in [3.05, 3.63) is 77.9 Å². The van der Waals surface area contributed by atoms with Gasteiger partial charge in [0.2, 0.25) is 5.91 Å². The number of aliphatic imine (C=N–C) groups is 1. The van der Waals surface area contributed by atoms with E-state index in [1.807, 2.05) is 73.0 Å². The fourth-order valence-electron chi connectivity index (χ4n) is 1.89. The van der Waals surface area contributed by atoms with Crippen LogP contribution in [0.15, 0.2) is 71.7 Å². The van der Waals surface area contributed by atoms with E-state index in [9.17, 15) is 4.79 Å². The molecule has 0 heterocycles. The molecule has 0 atom stereocenters. The number of hydrogen-bond donors (Lipinski definition) is 1. The smallest absolute Gasteiger partial charge is 0.244 e.